The molecule has 0 saturated carbocycles. The van der Waals surface area contributed by atoms with Gasteiger partial charge in [0.1, 0.15) is 5.82 Å². The molecule has 1 fully saturated rings. The Kier molecular flexibility index (Phi) is 5.75. The topological polar surface area (TPSA) is 102 Å². The number of nitrogens with zero attached hydrogens (tertiary/aromatic N) is 4. The van der Waals surface area contributed by atoms with Crippen LogP contribution < -0.4 is 10.6 Å². The Balaban J connectivity index is 1.81. The quantitative estimate of drug-likeness (QED) is 0.666. The summed E-state index contributed by atoms with van der Waals surface area (Å²) in [4.78, 5) is 39.4. The van der Waals surface area contributed by atoms with Crippen molar-refractivity contribution in [2.45, 2.75) is 39.0 Å². The van der Waals surface area contributed by atoms with Crippen LogP contribution in [-0.2, 0) is 11.2 Å². The second-order valence-corrected chi connectivity index (χ2v) is 7.97. The van der Waals surface area contributed by atoms with Gasteiger partial charge in [0.25, 0.3) is 0 Å². The largest absolute Gasteiger partial charge is 0.366 e. The van der Waals surface area contributed by atoms with E-state index < -0.39 is 5.91 Å². The van der Waals surface area contributed by atoms with Crippen molar-refractivity contribution in [3.05, 3.63) is 82.7 Å². The number of anilines is 1. The molecule has 1 aliphatic heterocycles. The predicted molar refractivity (Wildman–Crippen MR) is 118 cm³/mol. The number of hydrogen-bond donors (Lipinski definition) is 1. The number of aromatic nitrogens is 3. The zero-order chi connectivity index (χ0) is 22.0. The van der Waals surface area contributed by atoms with E-state index in [4.69, 9.17) is 5.73 Å². The highest BCUT2D eigenvalue weighted by molar-refractivity contribution is 5.98. The van der Waals surface area contributed by atoms with Crippen LogP contribution in [0.1, 0.15) is 57.3 Å². The van der Waals surface area contributed by atoms with E-state index in [-0.39, 0.29) is 11.8 Å². The molecule has 2 amide bonds. The number of carbonyl (C=O) groups is 2. The summed E-state index contributed by atoms with van der Waals surface area (Å²) in [6, 6.07) is 9.49. The third kappa shape index (κ3) is 4.60. The van der Waals surface area contributed by atoms with E-state index in [9.17, 15) is 9.59 Å². The summed E-state index contributed by atoms with van der Waals surface area (Å²) < 4.78 is 0. The van der Waals surface area contributed by atoms with Gasteiger partial charge in [-0.15, -0.1) is 0 Å². The molecule has 7 nitrogen and oxygen atoms in total. The van der Waals surface area contributed by atoms with Crippen LogP contribution in [0.5, 0.6) is 0 Å². The monoisotopic (exact) mass is 415 g/mol. The number of amides is 2. The van der Waals surface area contributed by atoms with Crippen molar-refractivity contribution in [2.75, 3.05) is 11.4 Å². The summed E-state index contributed by atoms with van der Waals surface area (Å²) in [7, 11) is 0. The zero-order valence-corrected chi connectivity index (χ0v) is 17.7. The first kappa shape index (κ1) is 20.7. The molecule has 1 aliphatic rings. The molecular weight excluding hydrogens is 390 g/mol. The molecule has 3 aromatic rings. The second-order valence-electron chi connectivity index (χ2n) is 7.97. The van der Waals surface area contributed by atoms with Crippen LogP contribution in [0.4, 0.5) is 5.69 Å². The van der Waals surface area contributed by atoms with Gasteiger partial charge in [0.15, 0.2) is 0 Å². The van der Waals surface area contributed by atoms with Gasteiger partial charge in [0, 0.05) is 60.8 Å². The number of aryl methyl sites for hydroxylation is 2. The first-order valence-corrected chi connectivity index (χ1v) is 10.4. The van der Waals surface area contributed by atoms with Gasteiger partial charge in [0.2, 0.25) is 11.8 Å². The lowest BCUT2D eigenvalue weighted by Crippen LogP contribution is -2.25. The first-order valence-electron chi connectivity index (χ1n) is 10.4. The van der Waals surface area contributed by atoms with Crippen molar-refractivity contribution < 1.29 is 9.59 Å². The lowest BCUT2D eigenvalue weighted by atomic mass is 9.87. The smallest absolute Gasteiger partial charge is 0.248 e. The minimum Gasteiger partial charge on any atom is -0.366 e. The average Bonchev–Trinajstić information content (AvgIpc) is 3.19. The number of hydrogen-bond acceptors (Lipinski definition) is 5. The van der Waals surface area contributed by atoms with Crippen LogP contribution in [0.15, 0.2) is 48.9 Å². The minimum absolute atomic E-state index is 0.0583. The molecule has 3 heterocycles. The minimum atomic E-state index is -0.526. The molecule has 1 atom stereocenters. The summed E-state index contributed by atoms with van der Waals surface area (Å²) in [5.74, 6) is 0.0712. The van der Waals surface area contributed by atoms with E-state index in [1.165, 1.54) is 0 Å². The first-order chi connectivity index (χ1) is 14.9. The Hall–Kier alpha value is -3.61. The van der Waals surface area contributed by atoms with Crippen LogP contribution >= 0.6 is 0 Å². The third-order valence-corrected chi connectivity index (χ3v) is 5.60. The molecule has 4 rings (SSSR count). The predicted octanol–water partition coefficient (Wildman–Crippen LogP) is 3.09. The molecular formula is C24H25N5O2. The van der Waals surface area contributed by atoms with Crippen LogP contribution in [0, 0.1) is 13.8 Å². The number of benzene rings is 1. The van der Waals surface area contributed by atoms with Crippen LogP contribution in [0.2, 0.25) is 0 Å². The van der Waals surface area contributed by atoms with Gasteiger partial charge in [-0.25, -0.2) is 9.97 Å². The van der Waals surface area contributed by atoms with E-state index in [1.807, 2.05) is 38.2 Å². The highest BCUT2D eigenvalue weighted by Gasteiger charge is 2.25. The van der Waals surface area contributed by atoms with E-state index >= 15 is 0 Å². The second kappa shape index (κ2) is 8.63. The summed E-state index contributed by atoms with van der Waals surface area (Å²) in [5, 5.41) is 0. The Morgan fingerprint density at radius 3 is 2.45 bits per heavy atom. The lowest BCUT2D eigenvalue weighted by Gasteiger charge is -2.22. The fourth-order valence-corrected chi connectivity index (χ4v) is 3.89. The van der Waals surface area contributed by atoms with Gasteiger partial charge in [-0.3, -0.25) is 14.6 Å². The van der Waals surface area contributed by atoms with E-state index in [0.717, 1.165) is 28.8 Å². The Bertz CT molecular complexity index is 1110. The molecule has 1 saturated heterocycles. The van der Waals surface area contributed by atoms with Gasteiger partial charge >= 0.3 is 0 Å². The highest BCUT2D eigenvalue weighted by atomic mass is 16.2. The molecule has 0 spiro atoms. The summed E-state index contributed by atoms with van der Waals surface area (Å²) in [5.41, 5.74) is 10.5. The molecule has 31 heavy (non-hydrogen) atoms. The number of carbonyl (C=O) groups excluding carboxylic acids is 2. The van der Waals surface area contributed by atoms with Crippen LogP contribution in [0.3, 0.4) is 0 Å². The van der Waals surface area contributed by atoms with Gasteiger partial charge in [-0.2, -0.15) is 0 Å². The molecule has 158 valence electrons. The molecule has 1 unspecified atom stereocenters. The summed E-state index contributed by atoms with van der Waals surface area (Å²) >= 11 is 0. The van der Waals surface area contributed by atoms with E-state index in [1.54, 1.807) is 29.4 Å². The number of pyridine rings is 1. The highest BCUT2D eigenvalue weighted by Crippen LogP contribution is 2.33. The van der Waals surface area contributed by atoms with Crippen molar-refractivity contribution in [2.24, 2.45) is 5.73 Å². The molecule has 0 radical (unpaired) electrons. The molecule has 1 aromatic carbocycles. The summed E-state index contributed by atoms with van der Waals surface area (Å²) in [6.07, 6.45) is 7.36. The zero-order valence-electron chi connectivity index (χ0n) is 17.7. The molecule has 0 aliphatic carbocycles. The fourth-order valence-electron chi connectivity index (χ4n) is 3.89. The number of nitrogens with two attached hydrogens (primary N) is 1. The lowest BCUT2D eigenvalue weighted by molar-refractivity contribution is -0.117. The molecule has 0 bridgehead atoms. The fraction of sp³-hybridized carbons (Fsp3) is 0.292. The number of rotatable bonds is 6. The SMILES string of the molecule is Cc1ccc(CC(c2cnc(C)nc2)c2cc(C(N)=O)cc(N3CCCC3=O)c2)nc1. The molecule has 2 N–H and O–H groups in total. The van der Waals surface area contributed by atoms with Gasteiger partial charge < -0.3 is 10.6 Å². The van der Waals surface area contributed by atoms with E-state index in [2.05, 4.69) is 15.0 Å². The number of primary amides is 1. The summed E-state index contributed by atoms with van der Waals surface area (Å²) in [6.45, 7) is 4.47. The maximum atomic E-state index is 12.3. The van der Waals surface area contributed by atoms with Crippen molar-refractivity contribution in [1.82, 2.24) is 15.0 Å². The van der Waals surface area contributed by atoms with E-state index in [0.29, 0.717) is 36.5 Å². The standard InChI is InChI=1S/C24H25N5O2/c1-15-5-6-20(28-12-15)11-22(19-13-26-16(2)27-14-19)17-8-18(24(25)31)10-21(9-17)29-7-3-4-23(29)30/h5-6,8-10,12-14,22H,3-4,7,11H2,1-2H3,(H2,25,31). The Morgan fingerprint density at radius 1 is 1.06 bits per heavy atom. The van der Waals surface area contributed by atoms with Crippen molar-refractivity contribution in [1.29, 1.82) is 0 Å². The van der Waals surface area contributed by atoms with Gasteiger partial charge in [-0.05, 0) is 61.2 Å². The van der Waals surface area contributed by atoms with Crippen molar-refractivity contribution in [3.63, 3.8) is 0 Å². The van der Waals surface area contributed by atoms with Gasteiger partial charge in [-0.1, -0.05) is 6.07 Å². The maximum Gasteiger partial charge on any atom is 0.248 e. The molecule has 7 heteroatoms. The Morgan fingerprint density at radius 2 is 1.84 bits per heavy atom. The third-order valence-electron chi connectivity index (χ3n) is 5.60. The average molecular weight is 415 g/mol. The van der Waals surface area contributed by atoms with Crippen LogP contribution in [0.25, 0.3) is 0 Å². The maximum absolute atomic E-state index is 12.3. The normalized spacial score (nSPS) is 14.6. The molecule has 2 aromatic heterocycles. The van der Waals surface area contributed by atoms with Gasteiger partial charge in [0.05, 0.1) is 0 Å². The Labute approximate surface area is 181 Å². The van der Waals surface area contributed by atoms with Crippen LogP contribution in [-0.4, -0.2) is 33.3 Å². The van der Waals surface area contributed by atoms with Crippen molar-refractivity contribution >= 4 is 17.5 Å². The van der Waals surface area contributed by atoms with Crippen molar-refractivity contribution in [3.8, 4) is 0 Å².